The first-order valence-corrected chi connectivity index (χ1v) is 15.3. The number of rotatable bonds is 8. The lowest BCUT2D eigenvalue weighted by Gasteiger charge is -2.28. The van der Waals surface area contributed by atoms with Gasteiger partial charge in [-0.25, -0.2) is 0 Å². The Balaban J connectivity index is 1.46. The van der Waals surface area contributed by atoms with Crippen LogP contribution < -0.4 is 21.6 Å². The van der Waals surface area contributed by atoms with Crippen LogP contribution in [-0.4, -0.2) is 33.2 Å². The predicted octanol–water partition coefficient (Wildman–Crippen LogP) is 8.00. The van der Waals surface area contributed by atoms with Gasteiger partial charge in [-0.2, -0.15) is 18.4 Å². The summed E-state index contributed by atoms with van der Waals surface area (Å²) >= 11 is 6.79. The van der Waals surface area contributed by atoms with Crippen molar-refractivity contribution in [1.29, 1.82) is 5.26 Å². The van der Waals surface area contributed by atoms with Gasteiger partial charge in [0, 0.05) is 48.0 Å². The fourth-order valence-corrected chi connectivity index (χ4v) is 6.02. The van der Waals surface area contributed by atoms with Crippen molar-refractivity contribution in [2.24, 2.45) is 5.41 Å². The zero-order chi connectivity index (χ0) is 32.9. The average molecular weight is 647 g/mol. The molecule has 1 atom stereocenters. The van der Waals surface area contributed by atoms with E-state index in [0.29, 0.717) is 45.1 Å². The molecule has 12 heteroatoms. The topological polar surface area (TPSA) is 101 Å². The number of nitriles is 1. The number of hydrazine groups is 2. The molecule has 238 valence electrons. The van der Waals surface area contributed by atoms with Crippen molar-refractivity contribution in [2.45, 2.75) is 58.3 Å². The molecule has 4 N–H and O–H groups in total. The van der Waals surface area contributed by atoms with Crippen LogP contribution in [0.25, 0.3) is 22.0 Å². The van der Waals surface area contributed by atoms with Crippen LogP contribution in [0.4, 0.5) is 24.5 Å². The van der Waals surface area contributed by atoms with Gasteiger partial charge >= 0.3 is 6.18 Å². The van der Waals surface area contributed by atoms with E-state index >= 15 is 0 Å². The van der Waals surface area contributed by atoms with Crippen LogP contribution in [0.3, 0.4) is 0 Å². The molecule has 0 amide bonds. The van der Waals surface area contributed by atoms with Gasteiger partial charge in [0.05, 0.1) is 33.5 Å². The van der Waals surface area contributed by atoms with E-state index in [4.69, 9.17) is 11.6 Å². The number of hydrogen-bond donors (Lipinski definition) is 4. The van der Waals surface area contributed by atoms with Crippen molar-refractivity contribution < 1.29 is 13.2 Å². The third kappa shape index (κ3) is 5.90. The lowest BCUT2D eigenvalue weighted by Crippen LogP contribution is -2.52. The predicted molar refractivity (Wildman–Crippen MR) is 174 cm³/mol. The van der Waals surface area contributed by atoms with Gasteiger partial charge < -0.3 is 16.1 Å². The second kappa shape index (κ2) is 11.7. The molecule has 0 spiro atoms. The highest BCUT2D eigenvalue weighted by Gasteiger charge is 2.67. The molecule has 1 aliphatic carbocycles. The Morgan fingerprint density at radius 1 is 1.13 bits per heavy atom. The SMILES string of the molecule is Cc1c(-c2cccnc2)cccc1[C@H](Nc1cc(Cl)c2ncc(C#N)c(NCC(C)(C)C)c2c1)C1=CN(C2(C(F)(F)F)CC2)NN1. The lowest BCUT2D eigenvalue weighted by atomic mass is 9.92. The molecule has 8 nitrogen and oxygen atoms in total. The van der Waals surface area contributed by atoms with E-state index in [1.54, 1.807) is 18.5 Å². The van der Waals surface area contributed by atoms with Gasteiger partial charge in [-0.05, 0) is 60.1 Å². The van der Waals surface area contributed by atoms with E-state index in [1.165, 1.54) is 12.4 Å². The van der Waals surface area contributed by atoms with Crippen LogP contribution in [-0.2, 0) is 0 Å². The van der Waals surface area contributed by atoms with Gasteiger partial charge in [-0.15, -0.1) is 5.53 Å². The smallest absolute Gasteiger partial charge is 0.383 e. The molecule has 0 unspecified atom stereocenters. The molecule has 6 rings (SSSR count). The number of alkyl halides is 3. The molecule has 1 aliphatic heterocycles. The Bertz CT molecular complexity index is 1860. The zero-order valence-corrected chi connectivity index (χ0v) is 26.6. The molecule has 1 fully saturated rings. The number of halogens is 4. The second-order valence-corrected chi connectivity index (χ2v) is 13.4. The Morgan fingerprint density at radius 2 is 1.91 bits per heavy atom. The molecule has 3 heterocycles. The van der Waals surface area contributed by atoms with Gasteiger partial charge in [0.15, 0.2) is 5.54 Å². The first kappa shape index (κ1) is 31.5. The quantitative estimate of drug-likeness (QED) is 0.153. The molecule has 0 bridgehead atoms. The van der Waals surface area contributed by atoms with E-state index in [2.05, 4.69) is 58.4 Å². The molecule has 46 heavy (non-hydrogen) atoms. The van der Waals surface area contributed by atoms with Crippen molar-refractivity contribution in [3.05, 3.63) is 94.7 Å². The average Bonchev–Trinajstić information content (AvgIpc) is 3.70. The molecular formula is C34H34ClF3N8. The summed E-state index contributed by atoms with van der Waals surface area (Å²) < 4.78 is 42.2. The van der Waals surface area contributed by atoms with Crippen LogP contribution in [0.2, 0.25) is 5.02 Å². The summed E-state index contributed by atoms with van der Waals surface area (Å²) in [5.74, 6) is 0. The van der Waals surface area contributed by atoms with Crippen LogP contribution in [0.5, 0.6) is 0 Å². The van der Waals surface area contributed by atoms with Crippen LogP contribution in [0.15, 0.2) is 73.0 Å². The summed E-state index contributed by atoms with van der Waals surface area (Å²) in [4.78, 5) is 8.73. The standard InChI is InChI=1S/C34H34ClF3N8/c1-20-24(21-7-6-12-40-16-21)8-5-9-25(20)31(28-18-46(45-44-28)33(10-11-33)34(36,37)38)43-23-13-26-29(42-19-32(2,3)4)22(15-39)17-41-30(26)27(35)14-23/h5-9,12-14,16-18,31,43-45H,10-11,19H2,1-4H3,(H,41,42)/t31-/m0/s1. The minimum Gasteiger partial charge on any atom is -0.383 e. The number of aromatic nitrogens is 2. The maximum atomic E-state index is 14.1. The summed E-state index contributed by atoms with van der Waals surface area (Å²) in [7, 11) is 0. The van der Waals surface area contributed by atoms with Crippen LogP contribution >= 0.6 is 11.6 Å². The molecule has 2 aromatic carbocycles. The van der Waals surface area contributed by atoms with Crippen LogP contribution in [0, 0.1) is 23.7 Å². The van der Waals surface area contributed by atoms with Gasteiger partial charge in [0.2, 0.25) is 0 Å². The van der Waals surface area contributed by atoms with Crippen molar-refractivity contribution in [3.8, 4) is 17.2 Å². The van der Waals surface area contributed by atoms with E-state index < -0.39 is 17.8 Å². The largest absolute Gasteiger partial charge is 0.413 e. The van der Waals surface area contributed by atoms with Gasteiger partial charge in [0.1, 0.15) is 6.07 Å². The van der Waals surface area contributed by atoms with Gasteiger partial charge in [-0.3, -0.25) is 15.0 Å². The van der Waals surface area contributed by atoms with E-state index in [-0.39, 0.29) is 18.3 Å². The molecule has 2 aliphatic rings. The number of nitrogens with zero attached hydrogens (tertiary/aromatic N) is 4. The fraction of sp³-hybridized carbons (Fsp3) is 0.324. The second-order valence-electron chi connectivity index (χ2n) is 13.0. The fourth-order valence-electron chi connectivity index (χ4n) is 5.75. The number of anilines is 2. The molecule has 1 saturated carbocycles. The minimum atomic E-state index is -4.40. The first-order valence-electron chi connectivity index (χ1n) is 14.9. The summed E-state index contributed by atoms with van der Waals surface area (Å²) in [6.07, 6.45) is 2.08. The monoisotopic (exact) mass is 646 g/mol. The van der Waals surface area contributed by atoms with Gasteiger partial charge in [-0.1, -0.05) is 56.6 Å². The molecule has 2 aromatic heterocycles. The highest BCUT2D eigenvalue weighted by Crippen LogP contribution is 2.54. The summed E-state index contributed by atoms with van der Waals surface area (Å²) in [5.41, 5.74) is 9.98. The Morgan fingerprint density at radius 3 is 2.57 bits per heavy atom. The van der Waals surface area contributed by atoms with Crippen molar-refractivity contribution in [2.75, 3.05) is 17.2 Å². The number of nitrogens with one attached hydrogen (secondary N) is 4. The van der Waals surface area contributed by atoms with Crippen molar-refractivity contribution >= 4 is 33.9 Å². The van der Waals surface area contributed by atoms with E-state index in [0.717, 1.165) is 27.3 Å². The van der Waals surface area contributed by atoms with Crippen molar-refractivity contribution in [1.82, 2.24) is 25.9 Å². The molecule has 0 radical (unpaired) electrons. The summed E-state index contributed by atoms with van der Waals surface area (Å²) in [6, 6.07) is 14.9. The summed E-state index contributed by atoms with van der Waals surface area (Å²) in [5, 5.41) is 19.0. The molecule has 0 saturated heterocycles. The number of hydrogen-bond acceptors (Lipinski definition) is 8. The van der Waals surface area contributed by atoms with Gasteiger partial charge in [0.25, 0.3) is 0 Å². The molecule has 4 aromatic rings. The highest BCUT2D eigenvalue weighted by atomic mass is 35.5. The highest BCUT2D eigenvalue weighted by molar-refractivity contribution is 6.35. The molecular weight excluding hydrogens is 613 g/mol. The lowest BCUT2D eigenvalue weighted by molar-refractivity contribution is -0.195. The Labute approximate surface area is 270 Å². The number of fused-ring (bicyclic) bond motifs is 1. The minimum absolute atomic E-state index is 0.00142. The first-order chi connectivity index (χ1) is 21.8. The third-order valence-corrected chi connectivity index (χ3v) is 8.71. The van der Waals surface area contributed by atoms with E-state index in [1.807, 2.05) is 43.3 Å². The van der Waals surface area contributed by atoms with Crippen molar-refractivity contribution in [3.63, 3.8) is 0 Å². The third-order valence-electron chi connectivity index (χ3n) is 8.42. The summed E-state index contributed by atoms with van der Waals surface area (Å²) in [6.45, 7) is 8.85. The zero-order valence-electron chi connectivity index (χ0n) is 25.9. The normalized spacial score (nSPS) is 16.4. The maximum absolute atomic E-state index is 14.1. The maximum Gasteiger partial charge on any atom is 0.413 e. The number of benzene rings is 2. The van der Waals surface area contributed by atoms with E-state index in [9.17, 15) is 18.4 Å². The number of pyridine rings is 2. The Hall–Kier alpha value is -4.53. The van der Waals surface area contributed by atoms with Crippen LogP contribution in [0.1, 0.15) is 56.3 Å². The Kier molecular flexibility index (Phi) is 7.99.